The lowest BCUT2D eigenvalue weighted by Gasteiger charge is -2.16. The smallest absolute Gasteiger partial charge is 0.255 e. The Bertz CT molecular complexity index is 716. The summed E-state index contributed by atoms with van der Waals surface area (Å²) < 4.78 is 5.48. The highest BCUT2D eigenvalue weighted by Crippen LogP contribution is 2.19. The van der Waals surface area contributed by atoms with Gasteiger partial charge in [-0.1, -0.05) is 32.4 Å². The fourth-order valence-electron chi connectivity index (χ4n) is 1.80. The van der Waals surface area contributed by atoms with Crippen molar-refractivity contribution in [3.8, 4) is 5.75 Å². The van der Waals surface area contributed by atoms with E-state index in [1.807, 2.05) is 20.8 Å². The van der Waals surface area contributed by atoms with Crippen LogP contribution in [0.25, 0.3) is 0 Å². The summed E-state index contributed by atoms with van der Waals surface area (Å²) in [5, 5.41) is 3.37. The first-order valence-corrected chi connectivity index (χ1v) is 7.96. The highest BCUT2D eigenvalue weighted by molar-refractivity contribution is 6.30. The number of ketones is 1. The lowest BCUT2D eigenvalue weighted by Crippen LogP contribution is -2.26. The quantitative estimate of drug-likeness (QED) is 0.862. The number of ether oxygens (including phenoxy) is 1. The third-order valence-corrected chi connectivity index (χ3v) is 3.68. The lowest BCUT2D eigenvalue weighted by atomic mass is 9.91. The normalized spacial score (nSPS) is 11.0. The van der Waals surface area contributed by atoms with Crippen LogP contribution in [0.4, 0.5) is 5.69 Å². The average Bonchev–Trinajstić information content (AvgIpc) is 2.53. The Hall–Kier alpha value is -2.33. The third kappa shape index (κ3) is 5.10. The number of carbonyl (C=O) groups is 2. The van der Waals surface area contributed by atoms with E-state index < -0.39 is 5.41 Å². The molecular formula is C19H20ClNO3. The molecular weight excluding hydrogens is 326 g/mol. The molecule has 2 rings (SSSR count). The third-order valence-electron chi connectivity index (χ3n) is 3.43. The highest BCUT2D eigenvalue weighted by Gasteiger charge is 2.21. The van der Waals surface area contributed by atoms with E-state index >= 15 is 0 Å². The number of benzene rings is 2. The lowest BCUT2D eigenvalue weighted by molar-refractivity contribution is -0.128. The first kappa shape index (κ1) is 18.0. The van der Waals surface area contributed by atoms with Crippen molar-refractivity contribution in [1.29, 1.82) is 0 Å². The first-order chi connectivity index (χ1) is 11.3. The second-order valence-corrected chi connectivity index (χ2v) is 6.88. The van der Waals surface area contributed by atoms with Gasteiger partial charge in [0.05, 0.1) is 0 Å². The molecule has 24 heavy (non-hydrogen) atoms. The highest BCUT2D eigenvalue weighted by atomic mass is 35.5. The fourth-order valence-corrected chi connectivity index (χ4v) is 1.93. The molecule has 4 nitrogen and oxygen atoms in total. The number of halogens is 1. The zero-order valence-electron chi connectivity index (χ0n) is 13.9. The Kier molecular flexibility index (Phi) is 5.62. The summed E-state index contributed by atoms with van der Waals surface area (Å²) in [7, 11) is 0. The minimum Gasteiger partial charge on any atom is -0.486 e. The topological polar surface area (TPSA) is 55.4 Å². The second kappa shape index (κ2) is 7.49. The van der Waals surface area contributed by atoms with Gasteiger partial charge in [0.15, 0.2) is 5.78 Å². The maximum Gasteiger partial charge on any atom is 0.255 e. The molecule has 0 spiro atoms. The van der Waals surface area contributed by atoms with E-state index in [-0.39, 0.29) is 18.3 Å². The number of hydrogen-bond acceptors (Lipinski definition) is 3. The minimum atomic E-state index is -0.424. The Balaban J connectivity index is 1.93. The van der Waals surface area contributed by atoms with Gasteiger partial charge in [0, 0.05) is 21.7 Å². The molecule has 0 saturated carbocycles. The van der Waals surface area contributed by atoms with Gasteiger partial charge < -0.3 is 10.1 Å². The maximum atomic E-state index is 12.1. The Labute approximate surface area is 146 Å². The van der Waals surface area contributed by atoms with Gasteiger partial charge in [-0.3, -0.25) is 9.59 Å². The molecule has 0 atom stereocenters. The van der Waals surface area contributed by atoms with Crippen LogP contribution in [-0.4, -0.2) is 18.3 Å². The van der Waals surface area contributed by atoms with Crippen LogP contribution in [0.5, 0.6) is 5.75 Å². The van der Waals surface area contributed by atoms with Gasteiger partial charge in [-0.15, -0.1) is 0 Å². The van der Waals surface area contributed by atoms with Gasteiger partial charge in [-0.2, -0.15) is 0 Å². The molecule has 1 N–H and O–H groups in total. The molecule has 0 radical (unpaired) electrons. The van der Waals surface area contributed by atoms with Crippen LogP contribution in [0.3, 0.4) is 0 Å². The maximum absolute atomic E-state index is 12.1. The largest absolute Gasteiger partial charge is 0.486 e. The van der Waals surface area contributed by atoms with Gasteiger partial charge in [-0.25, -0.2) is 0 Å². The molecule has 0 aliphatic heterocycles. The van der Waals surface area contributed by atoms with E-state index in [4.69, 9.17) is 16.3 Å². The summed E-state index contributed by atoms with van der Waals surface area (Å²) >= 11 is 5.80. The molecule has 1 amide bonds. The predicted molar refractivity (Wildman–Crippen MR) is 95.8 cm³/mol. The van der Waals surface area contributed by atoms with Crippen LogP contribution >= 0.6 is 11.6 Å². The van der Waals surface area contributed by atoms with Gasteiger partial charge in [0.1, 0.15) is 12.4 Å². The molecule has 0 aliphatic rings. The Morgan fingerprint density at radius 3 is 2.12 bits per heavy atom. The first-order valence-electron chi connectivity index (χ1n) is 7.59. The number of rotatable bonds is 5. The summed E-state index contributed by atoms with van der Waals surface area (Å²) in [6.07, 6.45) is 0. The Morgan fingerprint density at radius 1 is 1.00 bits per heavy atom. The molecule has 2 aromatic carbocycles. The molecule has 0 heterocycles. The predicted octanol–water partition coefficient (Wildman–Crippen LogP) is 4.59. The fraction of sp³-hybridized carbons (Fsp3) is 0.263. The average molecular weight is 346 g/mol. The summed E-state index contributed by atoms with van der Waals surface area (Å²) in [6.45, 7) is 5.59. The number of carbonyl (C=O) groups excluding carboxylic acids is 2. The molecule has 0 fully saturated rings. The van der Waals surface area contributed by atoms with E-state index in [9.17, 15) is 9.59 Å². The van der Waals surface area contributed by atoms with Crippen LogP contribution in [-0.2, 0) is 4.79 Å². The van der Waals surface area contributed by atoms with Gasteiger partial charge in [0.25, 0.3) is 5.91 Å². The SMILES string of the molecule is CC(C)(C)C(=O)COc1ccc(NC(=O)c2ccc(Cl)cc2)cc1. The second-order valence-electron chi connectivity index (χ2n) is 6.45. The number of anilines is 1. The molecule has 0 aromatic heterocycles. The van der Waals surface area contributed by atoms with Crippen LogP contribution in [0, 0.1) is 5.41 Å². The molecule has 126 valence electrons. The van der Waals surface area contributed by atoms with Crippen LogP contribution in [0.15, 0.2) is 48.5 Å². The van der Waals surface area contributed by atoms with Gasteiger partial charge in [0.2, 0.25) is 0 Å². The minimum absolute atomic E-state index is 0.0278. The van der Waals surface area contributed by atoms with E-state index in [0.29, 0.717) is 22.0 Å². The monoisotopic (exact) mass is 345 g/mol. The van der Waals surface area contributed by atoms with Crippen molar-refractivity contribution in [2.75, 3.05) is 11.9 Å². The molecule has 0 saturated heterocycles. The van der Waals surface area contributed by atoms with Gasteiger partial charge >= 0.3 is 0 Å². The zero-order valence-corrected chi connectivity index (χ0v) is 14.7. The number of amides is 1. The molecule has 5 heteroatoms. The van der Waals surface area contributed by atoms with Crippen LogP contribution in [0.2, 0.25) is 5.02 Å². The summed E-state index contributed by atoms with van der Waals surface area (Å²) in [4.78, 5) is 23.9. The van der Waals surface area contributed by atoms with Crippen LogP contribution < -0.4 is 10.1 Å². The molecule has 0 bridgehead atoms. The molecule has 0 unspecified atom stereocenters. The summed E-state index contributed by atoms with van der Waals surface area (Å²) in [6, 6.07) is 13.5. The van der Waals surface area contributed by atoms with Crippen molar-refractivity contribution in [1.82, 2.24) is 0 Å². The zero-order chi connectivity index (χ0) is 17.7. The molecule has 2 aromatic rings. The van der Waals surface area contributed by atoms with Crippen molar-refractivity contribution < 1.29 is 14.3 Å². The summed E-state index contributed by atoms with van der Waals surface area (Å²) in [5.74, 6) is 0.392. The van der Waals surface area contributed by atoms with E-state index in [2.05, 4.69) is 5.32 Å². The molecule has 0 aliphatic carbocycles. The van der Waals surface area contributed by atoms with Gasteiger partial charge in [-0.05, 0) is 48.5 Å². The van der Waals surface area contributed by atoms with Crippen molar-refractivity contribution in [2.24, 2.45) is 5.41 Å². The van der Waals surface area contributed by atoms with Crippen molar-refractivity contribution >= 4 is 29.0 Å². The van der Waals surface area contributed by atoms with Crippen molar-refractivity contribution in [2.45, 2.75) is 20.8 Å². The van der Waals surface area contributed by atoms with E-state index in [0.717, 1.165) is 0 Å². The van der Waals surface area contributed by atoms with E-state index in [1.54, 1.807) is 48.5 Å². The van der Waals surface area contributed by atoms with Crippen molar-refractivity contribution in [3.05, 3.63) is 59.1 Å². The van der Waals surface area contributed by atoms with Crippen LogP contribution in [0.1, 0.15) is 31.1 Å². The number of Topliss-reactive ketones (excluding diaryl/α,β-unsaturated/α-hetero) is 1. The van der Waals surface area contributed by atoms with E-state index in [1.165, 1.54) is 0 Å². The standard InChI is InChI=1S/C19H20ClNO3/c1-19(2,3)17(22)12-24-16-10-8-15(9-11-16)21-18(23)13-4-6-14(20)7-5-13/h4-11H,12H2,1-3H3,(H,21,23). The number of nitrogens with one attached hydrogen (secondary N) is 1. The summed E-state index contributed by atoms with van der Waals surface area (Å²) in [5.41, 5.74) is 0.743. The Morgan fingerprint density at radius 2 is 1.58 bits per heavy atom. The van der Waals surface area contributed by atoms with Crippen molar-refractivity contribution in [3.63, 3.8) is 0 Å². The number of hydrogen-bond donors (Lipinski definition) is 1.